The van der Waals surface area contributed by atoms with Crippen molar-refractivity contribution in [2.45, 2.75) is 27.2 Å². The monoisotopic (exact) mass is 246 g/mol. The third-order valence-corrected chi connectivity index (χ3v) is 3.14. The van der Waals surface area contributed by atoms with Gasteiger partial charge in [-0.15, -0.1) is 0 Å². The summed E-state index contributed by atoms with van der Waals surface area (Å²) in [6.45, 7) is 5.84. The van der Waals surface area contributed by atoms with Gasteiger partial charge in [-0.1, -0.05) is 6.07 Å². The van der Waals surface area contributed by atoms with Gasteiger partial charge < -0.3 is 5.11 Å². The molecular weight excluding hydrogens is 228 g/mol. The predicted octanol–water partition coefficient (Wildman–Crippen LogP) is 2.02. The molecule has 1 aromatic rings. The average molecular weight is 246 g/mol. The normalized spacial score (nSPS) is 19.3. The summed E-state index contributed by atoms with van der Waals surface area (Å²) >= 11 is 0. The van der Waals surface area contributed by atoms with E-state index in [-0.39, 0.29) is 18.4 Å². The Morgan fingerprint density at radius 3 is 2.39 bits per heavy atom. The number of anilines is 1. The molecular formula is C14H18N2O2. The first kappa shape index (κ1) is 12.8. The molecule has 0 bridgehead atoms. The van der Waals surface area contributed by atoms with Gasteiger partial charge in [0.05, 0.1) is 11.6 Å². The molecule has 96 valence electrons. The molecule has 1 atom stereocenters. The van der Waals surface area contributed by atoms with E-state index in [0.717, 1.165) is 22.5 Å². The highest BCUT2D eigenvalue weighted by Crippen LogP contribution is 2.27. The molecule has 0 fully saturated rings. The molecule has 0 saturated heterocycles. The van der Waals surface area contributed by atoms with E-state index in [1.165, 1.54) is 5.01 Å². The largest absolute Gasteiger partial charge is 0.396 e. The van der Waals surface area contributed by atoms with Crippen LogP contribution in [0.3, 0.4) is 0 Å². The smallest absolute Gasteiger partial charge is 0.256 e. The molecule has 2 rings (SSSR count). The van der Waals surface area contributed by atoms with E-state index in [4.69, 9.17) is 5.11 Å². The molecule has 0 radical (unpaired) electrons. The maximum Gasteiger partial charge on any atom is 0.256 e. The number of rotatable bonds is 3. The minimum absolute atomic E-state index is 0.00392. The molecule has 0 saturated carbocycles. The molecule has 1 amide bonds. The quantitative estimate of drug-likeness (QED) is 0.887. The lowest BCUT2D eigenvalue weighted by Gasteiger charge is -2.15. The molecule has 4 heteroatoms. The van der Waals surface area contributed by atoms with Crippen molar-refractivity contribution >= 4 is 17.3 Å². The number of aliphatic hydroxyl groups excluding tert-OH is 1. The Morgan fingerprint density at radius 2 is 1.83 bits per heavy atom. The van der Waals surface area contributed by atoms with Crippen molar-refractivity contribution < 1.29 is 9.90 Å². The lowest BCUT2D eigenvalue weighted by Crippen LogP contribution is -2.27. The van der Waals surface area contributed by atoms with Gasteiger partial charge in [0.2, 0.25) is 0 Å². The Balaban J connectivity index is 2.33. The molecule has 1 unspecified atom stereocenters. The van der Waals surface area contributed by atoms with Crippen molar-refractivity contribution in [3.63, 3.8) is 0 Å². The van der Waals surface area contributed by atoms with Crippen LogP contribution in [0.5, 0.6) is 0 Å². The Labute approximate surface area is 107 Å². The number of aliphatic hydroxyl groups is 1. The van der Waals surface area contributed by atoms with Gasteiger partial charge in [-0.3, -0.25) is 4.79 Å². The van der Waals surface area contributed by atoms with Crippen LogP contribution >= 0.6 is 0 Å². The van der Waals surface area contributed by atoms with E-state index in [0.29, 0.717) is 6.42 Å². The predicted molar refractivity (Wildman–Crippen MR) is 71.7 cm³/mol. The number of amides is 1. The highest BCUT2D eigenvalue weighted by atomic mass is 16.3. The third-order valence-electron chi connectivity index (χ3n) is 3.14. The van der Waals surface area contributed by atoms with Crippen molar-refractivity contribution in [3.8, 4) is 0 Å². The maximum atomic E-state index is 12.2. The van der Waals surface area contributed by atoms with Crippen LogP contribution in [0.1, 0.15) is 24.5 Å². The zero-order chi connectivity index (χ0) is 13.3. The van der Waals surface area contributed by atoms with E-state index in [1.54, 1.807) is 0 Å². The molecule has 1 heterocycles. The minimum atomic E-state index is -0.282. The molecule has 1 aromatic carbocycles. The van der Waals surface area contributed by atoms with E-state index in [9.17, 15) is 4.79 Å². The Morgan fingerprint density at radius 1 is 1.22 bits per heavy atom. The molecule has 4 nitrogen and oxygen atoms in total. The highest BCUT2D eigenvalue weighted by Gasteiger charge is 2.33. The van der Waals surface area contributed by atoms with Crippen LogP contribution in [0.2, 0.25) is 0 Å². The summed E-state index contributed by atoms with van der Waals surface area (Å²) in [7, 11) is 0. The standard InChI is InChI=1S/C14H18N2O2/c1-9-6-10(2)8-12(7-9)16-14(18)13(4-5-17)11(3)15-16/h6-8,13,17H,4-5H2,1-3H3. The number of hydrogen-bond acceptors (Lipinski definition) is 3. The molecule has 18 heavy (non-hydrogen) atoms. The van der Waals surface area contributed by atoms with Gasteiger partial charge in [0.15, 0.2) is 0 Å². The van der Waals surface area contributed by atoms with Gasteiger partial charge in [-0.2, -0.15) is 5.10 Å². The second kappa shape index (κ2) is 4.90. The van der Waals surface area contributed by atoms with E-state index in [1.807, 2.05) is 32.9 Å². The van der Waals surface area contributed by atoms with E-state index < -0.39 is 0 Å². The summed E-state index contributed by atoms with van der Waals surface area (Å²) in [4.78, 5) is 12.2. The van der Waals surface area contributed by atoms with Crippen LogP contribution < -0.4 is 5.01 Å². The maximum absolute atomic E-state index is 12.2. The van der Waals surface area contributed by atoms with Crippen molar-refractivity contribution in [1.82, 2.24) is 0 Å². The number of hydrazone groups is 1. The third kappa shape index (κ3) is 2.29. The van der Waals surface area contributed by atoms with Crippen LogP contribution in [0.4, 0.5) is 5.69 Å². The summed E-state index contributed by atoms with van der Waals surface area (Å²) in [5, 5.41) is 14.7. The molecule has 0 aliphatic carbocycles. The Kier molecular flexibility index (Phi) is 3.48. The first-order valence-electron chi connectivity index (χ1n) is 6.11. The first-order valence-corrected chi connectivity index (χ1v) is 6.11. The Bertz CT molecular complexity index is 488. The molecule has 0 spiro atoms. The van der Waals surface area contributed by atoms with Crippen LogP contribution in [-0.2, 0) is 4.79 Å². The lowest BCUT2D eigenvalue weighted by atomic mass is 10.0. The van der Waals surface area contributed by atoms with Crippen LogP contribution in [0.25, 0.3) is 0 Å². The van der Waals surface area contributed by atoms with Crippen LogP contribution in [0.15, 0.2) is 23.3 Å². The van der Waals surface area contributed by atoms with Gasteiger partial charge in [-0.05, 0) is 50.5 Å². The van der Waals surface area contributed by atoms with Crippen LogP contribution in [-0.4, -0.2) is 23.3 Å². The number of nitrogens with zero attached hydrogens (tertiary/aromatic N) is 2. The van der Waals surface area contributed by atoms with E-state index in [2.05, 4.69) is 11.2 Å². The van der Waals surface area contributed by atoms with Gasteiger partial charge in [0.25, 0.3) is 5.91 Å². The summed E-state index contributed by atoms with van der Waals surface area (Å²) in [6, 6.07) is 5.96. The highest BCUT2D eigenvalue weighted by molar-refractivity contribution is 6.14. The van der Waals surface area contributed by atoms with Gasteiger partial charge in [-0.25, -0.2) is 5.01 Å². The number of benzene rings is 1. The zero-order valence-corrected chi connectivity index (χ0v) is 11.0. The number of hydrogen-bond donors (Lipinski definition) is 1. The fraction of sp³-hybridized carbons (Fsp3) is 0.429. The molecule has 1 aliphatic heterocycles. The molecule has 0 aromatic heterocycles. The summed E-state index contributed by atoms with van der Waals surface area (Å²) in [6.07, 6.45) is 0.440. The zero-order valence-electron chi connectivity index (χ0n) is 11.0. The number of aryl methyl sites for hydroxylation is 2. The molecule has 1 N–H and O–H groups in total. The van der Waals surface area contributed by atoms with Crippen LogP contribution in [0, 0.1) is 19.8 Å². The SMILES string of the molecule is CC1=NN(c2cc(C)cc(C)c2)C(=O)C1CCO. The second-order valence-corrected chi connectivity index (χ2v) is 4.80. The number of carbonyl (C=O) groups excluding carboxylic acids is 1. The van der Waals surface area contributed by atoms with Gasteiger partial charge in [0, 0.05) is 12.3 Å². The first-order chi connectivity index (χ1) is 8.52. The number of carbonyl (C=O) groups is 1. The fourth-order valence-corrected chi connectivity index (χ4v) is 2.32. The van der Waals surface area contributed by atoms with Crippen molar-refractivity contribution in [2.24, 2.45) is 11.0 Å². The van der Waals surface area contributed by atoms with E-state index >= 15 is 0 Å². The lowest BCUT2D eigenvalue weighted by molar-refractivity contribution is -0.120. The summed E-state index contributed by atoms with van der Waals surface area (Å²) in [5.74, 6) is -0.331. The minimum Gasteiger partial charge on any atom is -0.396 e. The average Bonchev–Trinajstić information content (AvgIpc) is 2.56. The van der Waals surface area contributed by atoms with Crippen molar-refractivity contribution in [1.29, 1.82) is 0 Å². The Hall–Kier alpha value is -1.68. The van der Waals surface area contributed by atoms with Crippen molar-refractivity contribution in [3.05, 3.63) is 29.3 Å². The van der Waals surface area contributed by atoms with Crippen molar-refractivity contribution in [2.75, 3.05) is 11.6 Å². The van der Waals surface area contributed by atoms with Gasteiger partial charge in [0.1, 0.15) is 0 Å². The topological polar surface area (TPSA) is 52.9 Å². The summed E-state index contributed by atoms with van der Waals surface area (Å²) < 4.78 is 0. The second-order valence-electron chi connectivity index (χ2n) is 4.80. The fourth-order valence-electron chi connectivity index (χ4n) is 2.32. The summed E-state index contributed by atoms with van der Waals surface area (Å²) in [5.41, 5.74) is 3.79. The molecule has 1 aliphatic rings. The van der Waals surface area contributed by atoms with Gasteiger partial charge >= 0.3 is 0 Å².